The minimum atomic E-state index is 0.529. The fourth-order valence-corrected chi connectivity index (χ4v) is 3.05. The highest BCUT2D eigenvalue weighted by Gasteiger charge is 2.19. The summed E-state index contributed by atoms with van der Waals surface area (Å²) < 4.78 is 0. The van der Waals surface area contributed by atoms with Gasteiger partial charge in [-0.3, -0.25) is 9.88 Å². The van der Waals surface area contributed by atoms with Crippen LogP contribution >= 0.6 is 0 Å². The Morgan fingerprint density at radius 2 is 1.75 bits per heavy atom. The molecule has 3 rings (SSSR count). The average Bonchev–Trinajstić information content (AvgIpc) is 3.01. The van der Waals surface area contributed by atoms with Crippen molar-refractivity contribution in [3.8, 4) is 11.1 Å². The fourth-order valence-electron chi connectivity index (χ4n) is 3.05. The Morgan fingerprint density at radius 1 is 1.05 bits per heavy atom. The number of aryl methyl sites for hydroxylation is 1. The van der Waals surface area contributed by atoms with E-state index in [4.69, 9.17) is 0 Å². The smallest absolute Gasteiger partial charge is 0.0349 e. The molecule has 0 aliphatic carbocycles. The Balaban J connectivity index is 1.82. The van der Waals surface area contributed by atoms with Crippen molar-refractivity contribution in [3.05, 3.63) is 53.9 Å². The van der Waals surface area contributed by atoms with Gasteiger partial charge in [-0.1, -0.05) is 24.3 Å². The van der Waals surface area contributed by atoms with E-state index >= 15 is 0 Å². The first-order valence-electron chi connectivity index (χ1n) is 7.51. The number of rotatable bonds is 3. The van der Waals surface area contributed by atoms with Crippen molar-refractivity contribution in [2.24, 2.45) is 0 Å². The molecule has 1 unspecified atom stereocenters. The van der Waals surface area contributed by atoms with E-state index in [0.29, 0.717) is 6.04 Å². The predicted molar refractivity (Wildman–Crippen MR) is 83.6 cm³/mol. The van der Waals surface area contributed by atoms with E-state index in [9.17, 15) is 0 Å². The zero-order valence-corrected chi connectivity index (χ0v) is 12.3. The molecule has 1 atom stereocenters. The maximum atomic E-state index is 4.23. The normalized spacial score (nSPS) is 17.3. The van der Waals surface area contributed by atoms with E-state index in [2.05, 4.69) is 54.1 Å². The fraction of sp³-hybridized carbons (Fsp3) is 0.389. The quantitative estimate of drug-likeness (QED) is 0.827. The van der Waals surface area contributed by atoms with Gasteiger partial charge in [-0.05, 0) is 62.5 Å². The lowest BCUT2D eigenvalue weighted by Crippen LogP contribution is -2.23. The summed E-state index contributed by atoms with van der Waals surface area (Å²) in [5.74, 6) is 0. The number of aromatic nitrogens is 1. The molecule has 1 fully saturated rings. The van der Waals surface area contributed by atoms with Crippen LogP contribution in [0.25, 0.3) is 11.1 Å². The standard InChI is InChI=1S/C18H22N2/c1-14-9-10-19-13-18(14)17-7-5-16(6-8-17)15(2)20-11-3-4-12-20/h5-10,13,15H,3-4,11-12H2,1-2H3. The van der Waals surface area contributed by atoms with Crippen molar-refractivity contribution in [1.82, 2.24) is 9.88 Å². The molecule has 0 spiro atoms. The van der Waals surface area contributed by atoms with Crippen LogP contribution in [-0.2, 0) is 0 Å². The van der Waals surface area contributed by atoms with E-state index in [1.807, 2.05) is 12.4 Å². The van der Waals surface area contributed by atoms with Crippen molar-refractivity contribution < 1.29 is 0 Å². The highest BCUT2D eigenvalue weighted by molar-refractivity contribution is 5.66. The van der Waals surface area contributed by atoms with E-state index < -0.39 is 0 Å². The van der Waals surface area contributed by atoms with Gasteiger partial charge in [0.2, 0.25) is 0 Å². The molecule has 104 valence electrons. The summed E-state index contributed by atoms with van der Waals surface area (Å²) in [4.78, 5) is 6.81. The Labute approximate surface area is 121 Å². The molecule has 1 aliphatic rings. The number of hydrogen-bond donors (Lipinski definition) is 0. The molecule has 1 saturated heterocycles. The van der Waals surface area contributed by atoms with E-state index in [0.717, 1.165) is 0 Å². The second-order valence-electron chi connectivity index (χ2n) is 5.73. The topological polar surface area (TPSA) is 16.1 Å². The third kappa shape index (κ3) is 2.61. The first kappa shape index (κ1) is 13.3. The predicted octanol–water partition coefficient (Wildman–Crippen LogP) is 4.21. The molecule has 1 aliphatic heterocycles. The zero-order chi connectivity index (χ0) is 13.9. The number of hydrogen-bond acceptors (Lipinski definition) is 2. The molecule has 0 N–H and O–H groups in total. The third-order valence-corrected chi connectivity index (χ3v) is 4.43. The van der Waals surface area contributed by atoms with Crippen LogP contribution in [0.2, 0.25) is 0 Å². The maximum Gasteiger partial charge on any atom is 0.0349 e. The zero-order valence-electron chi connectivity index (χ0n) is 12.3. The number of nitrogens with zero attached hydrogens (tertiary/aromatic N) is 2. The van der Waals surface area contributed by atoms with Crippen LogP contribution in [0.15, 0.2) is 42.7 Å². The lowest BCUT2D eigenvalue weighted by atomic mass is 9.99. The van der Waals surface area contributed by atoms with Crippen LogP contribution in [0.4, 0.5) is 0 Å². The van der Waals surface area contributed by atoms with E-state index in [1.165, 1.54) is 48.2 Å². The van der Waals surface area contributed by atoms with Crippen LogP contribution in [-0.4, -0.2) is 23.0 Å². The molecule has 2 aromatic rings. The van der Waals surface area contributed by atoms with Crippen molar-refractivity contribution in [1.29, 1.82) is 0 Å². The number of pyridine rings is 1. The summed E-state index contributed by atoms with van der Waals surface area (Å²) in [5.41, 5.74) is 5.18. The van der Waals surface area contributed by atoms with Crippen molar-refractivity contribution in [3.63, 3.8) is 0 Å². The van der Waals surface area contributed by atoms with Crippen LogP contribution in [0.1, 0.15) is 36.9 Å². The molecule has 2 heteroatoms. The summed E-state index contributed by atoms with van der Waals surface area (Å²) in [6, 6.07) is 11.6. The van der Waals surface area contributed by atoms with Gasteiger partial charge >= 0.3 is 0 Å². The molecule has 20 heavy (non-hydrogen) atoms. The molecule has 0 bridgehead atoms. The van der Waals surface area contributed by atoms with Crippen molar-refractivity contribution in [2.75, 3.05) is 13.1 Å². The second kappa shape index (κ2) is 5.76. The SMILES string of the molecule is Cc1ccncc1-c1ccc(C(C)N2CCCC2)cc1. The highest BCUT2D eigenvalue weighted by atomic mass is 15.2. The summed E-state index contributed by atoms with van der Waals surface area (Å²) >= 11 is 0. The minimum Gasteiger partial charge on any atom is -0.297 e. The number of likely N-dealkylation sites (tertiary alicyclic amines) is 1. The molecule has 1 aromatic carbocycles. The molecule has 1 aromatic heterocycles. The molecular weight excluding hydrogens is 244 g/mol. The first-order chi connectivity index (χ1) is 9.75. The summed E-state index contributed by atoms with van der Waals surface area (Å²) in [6.07, 6.45) is 6.49. The van der Waals surface area contributed by atoms with Crippen LogP contribution < -0.4 is 0 Å². The van der Waals surface area contributed by atoms with Gasteiger partial charge in [0.25, 0.3) is 0 Å². The molecular formula is C18H22N2. The summed E-state index contributed by atoms with van der Waals surface area (Å²) in [7, 11) is 0. The average molecular weight is 266 g/mol. The molecule has 2 heterocycles. The summed E-state index contributed by atoms with van der Waals surface area (Å²) in [5, 5.41) is 0. The van der Waals surface area contributed by atoms with Gasteiger partial charge in [0.05, 0.1) is 0 Å². The Hall–Kier alpha value is -1.67. The molecule has 0 amide bonds. The largest absolute Gasteiger partial charge is 0.297 e. The monoisotopic (exact) mass is 266 g/mol. The number of benzene rings is 1. The second-order valence-corrected chi connectivity index (χ2v) is 5.73. The molecule has 0 saturated carbocycles. The van der Waals surface area contributed by atoms with E-state index in [-0.39, 0.29) is 0 Å². The highest BCUT2D eigenvalue weighted by Crippen LogP contribution is 2.27. The lowest BCUT2D eigenvalue weighted by molar-refractivity contribution is 0.263. The Kier molecular flexibility index (Phi) is 3.83. The van der Waals surface area contributed by atoms with Crippen molar-refractivity contribution in [2.45, 2.75) is 32.7 Å². The Bertz CT molecular complexity index is 568. The van der Waals surface area contributed by atoms with Crippen LogP contribution in [0, 0.1) is 6.92 Å². The van der Waals surface area contributed by atoms with Gasteiger partial charge in [-0.2, -0.15) is 0 Å². The van der Waals surface area contributed by atoms with Crippen molar-refractivity contribution >= 4 is 0 Å². The molecule has 2 nitrogen and oxygen atoms in total. The Morgan fingerprint density at radius 3 is 2.40 bits per heavy atom. The van der Waals surface area contributed by atoms with Gasteiger partial charge in [0.15, 0.2) is 0 Å². The molecule has 0 radical (unpaired) electrons. The van der Waals surface area contributed by atoms with Gasteiger partial charge in [0, 0.05) is 24.0 Å². The maximum absolute atomic E-state index is 4.23. The van der Waals surface area contributed by atoms with Gasteiger partial charge in [-0.15, -0.1) is 0 Å². The lowest BCUT2D eigenvalue weighted by Gasteiger charge is -2.24. The van der Waals surface area contributed by atoms with Gasteiger partial charge in [0.1, 0.15) is 0 Å². The van der Waals surface area contributed by atoms with Crippen LogP contribution in [0.3, 0.4) is 0 Å². The van der Waals surface area contributed by atoms with Crippen LogP contribution in [0.5, 0.6) is 0 Å². The minimum absolute atomic E-state index is 0.529. The third-order valence-electron chi connectivity index (χ3n) is 4.43. The summed E-state index contributed by atoms with van der Waals surface area (Å²) in [6.45, 7) is 6.93. The van der Waals surface area contributed by atoms with Gasteiger partial charge in [-0.25, -0.2) is 0 Å². The first-order valence-corrected chi connectivity index (χ1v) is 7.51. The van der Waals surface area contributed by atoms with E-state index in [1.54, 1.807) is 0 Å². The van der Waals surface area contributed by atoms with Gasteiger partial charge < -0.3 is 0 Å².